The van der Waals surface area contributed by atoms with Gasteiger partial charge in [0.05, 0.1) is 11.8 Å². The molecule has 4 heteroatoms. The Morgan fingerprint density at radius 2 is 2.56 bits per heavy atom. The first-order chi connectivity index (χ1) is 4.27. The standard InChI is InChI=1S/C5H5NO2S/c6-2-1-3-9-4-5(7)8/h1,3H,4H2,(H,7,8)/b3-1+. The van der Waals surface area contributed by atoms with Crippen LogP contribution in [0.5, 0.6) is 0 Å². The van der Waals surface area contributed by atoms with Crippen LogP contribution < -0.4 is 0 Å². The second kappa shape index (κ2) is 5.19. The van der Waals surface area contributed by atoms with Crippen molar-refractivity contribution in [2.24, 2.45) is 0 Å². The molecule has 0 aromatic rings. The highest BCUT2D eigenvalue weighted by Crippen LogP contribution is 1.99. The van der Waals surface area contributed by atoms with E-state index >= 15 is 0 Å². The molecule has 0 aromatic heterocycles. The van der Waals surface area contributed by atoms with Crippen LogP contribution in [0.3, 0.4) is 0 Å². The highest BCUT2D eigenvalue weighted by molar-refractivity contribution is 8.02. The maximum atomic E-state index is 9.82. The quantitative estimate of drug-likeness (QED) is 0.595. The lowest BCUT2D eigenvalue weighted by atomic mass is 10.7. The van der Waals surface area contributed by atoms with Gasteiger partial charge in [-0.2, -0.15) is 5.26 Å². The lowest BCUT2D eigenvalue weighted by Gasteiger charge is -1.83. The average molecular weight is 143 g/mol. The van der Waals surface area contributed by atoms with E-state index < -0.39 is 5.97 Å². The van der Waals surface area contributed by atoms with Gasteiger partial charge in [0.15, 0.2) is 0 Å². The fourth-order valence-electron chi connectivity index (χ4n) is 0.198. The smallest absolute Gasteiger partial charge is 0.313 e. The second-order valence-electron chi connectivity index (χ2n) is 1.14. The third-order valence-electron chi connectivity index (χ3n) is 0.446. The molecule has 0 radical (unpaired) electrons. The van der Waals surface area contributed by atoms with E-state index in [0.717, 1.165) is 11.8 Å². The van der Waals surface area contributed by atoms with E-state index in [9.17, 15) is 4.79 Å². The Bertz CT molecular complexity index is 159. The van der Waals surface area contributed by atoms with Crippen molar-refractivity contribution < 1.29 is 9.90 Å². The van der Waals surface area contributed by atoms with Gasteiger partial charge in [-0.3, -0.25) is 4.79 Å². The molecule has 0 heterocycles. The maximum Gasteiger partial charge on any atom is 0.313 e. The fourth-order valence-corrected chi connectivity index (χ4v) is 0.594. The number of nitrogens with zero attached hydrogens (tertiary/aromatic N) is 1. The van der Waals surface area contributed by atoms with E-state index in [-0.39, 0.29) is 5.75 Å². The van der Waals surface area contributed by atoms with Gasteiger partial charge >= 0.3 is 5.97 Å². The molecule has 0 aliphatic heterocycles. The number of carboxylic acids is 1. The third kappa shape index (κ3) is 7.05. The topological polar surface area (TPSA) is 61.1 Å². The molecule has 0 saturated carbocycles. The van der Waals surface area contributed by atoms with Crippen LogP contribution in [-0.4, -0.2) is 16.8 Å². The Morgan fingerprint density at radius 3 is 3.00 bits per heavy atom. The van der Waals surface area contributed by atoms with Crippen molar-refractivity contribution in [3.63, 3.8) is 0 Å². The summed E-state index contributed by atoms with van der Waals surface area (Å²) in [6.45, 7) is 0. The van der Waals surface area contributed by atoms with Crippen LogP contribution in [0, 0.1) is 11.3 Å². The molecule has 0 aliphatic rings. The van der Waals surface area contributed by atoms with Gasteiger partial charge in [-0.15, -0.1) is 11.8 Å². The molecule has 0 aliphatic carbocycles. The summed E-state index contributed by atoms with van der Waals surface area (Å²) < 4.78 is 0. The first-order valence-corrected chi connectivity index (χ1v) is 3.20. The van der Waals surface area contributed by atoms with E-state index in [2.05, 4.69) is 0 Å². The van der Waals surface area contributed by atoms with Crippen molar-refractivity contribution in [3.8, 4) is 6.07 Å². The predicted octanol–water partition coefficient (Wildman–Crippen LogP) is 0.841. The van der Waals surface area contributed by atoms with Gasteiger partial charge in [0, 0.05) is 6.08 Å². The summed E-state index contributed by atoms with van der Waals surface area (Å²) >= 11 is 1.08. The fraction of sp³-hybridized carbons (Fsp3) is 0.200. The number of thioether (sulfide) groups is 1. The predicted molar refractivity (Wildman–Crippen MR) is 34.8 cm³/mol. The number of allylic oxidation sites excluding steroid dienone is 1. The lowest BCUT2D eigenvalue weighted by Crippen LogP contribution is -1.95. The summed E-state index contributed by atoms with van der Waals surface area (Å²) in [6, 6.07) is 1.75. The van der Waals surface area contributed by atoms with Gasteiger partial charge in [0.25, 0.3) is 0 Å². The lowest BCUT2D eigenvalue weighted by molar-refractivity contribution is -0.133. The molecule has 3 nitrogen and oxygen atoms in total. The molecule has 0 saturated heterocycles. The van der Waals surface area contributed by atoms with Crippen LogP contribution in [0.15, 0.2) is 11.5 Å². The molecule has 48 valence electrons. The Balaban J connectivity index is 3.22. The van der Waals surface area contributed by atoms with Crippen LogP contribution in [-0.2, 0) is 4.79 Å². The number of rotatable bonds is 3. The molecular weight excluding hydrogens is 138 g/mol. The van der Waals surface area contributed by atoms with Crippen molar-refractivity contribution in [2.75, 3.05) is 5.75 Å². The zero-order valence-corrected chi connectivity index (χ0v) is 5.39. The van der Waals surface area contributed by atoms with Gasteiger partial charge in [0.2, 0.25) is 0 Å². The summed E-state index contributed by atoms with van der Waals surface area (Å²) in [5.74, 6) is -0.861. The Hall–Kier alpha value is -0.950. The van der Waals surface area contributed by atoms with E-state index in [1.807, 2.05) is 0 Å². The van der Waals surface area contributed by atoms with E-state index in [1.54, 1.807) is 6.07 Å². The summed E-state index contributed by atoms with van der Waals surface area (Å²) in [5, 5.41) is 17.5. The summed E-state index contributed by atoms with van der Waals surface area (Å²) in [4.78, 5) is 9.82. The van der Waals surface area contributed by atoms with Crippen molar-refractivity contribution in [1.82, 2.24) is 0 Å². The largest absolute Gasteiger partial charge is 0.481 e. The van der Waals surface area contributed by atoms with Crippen molar-refractivity contribution >= 4 is 17.7 Å². The minimum atomic E-state index is -0.873. The maximum absolute atomic E-state index is 9.82. The molecule has 9 heavy (non-hydrogen) atoms. The summed E-state index contributed by atoms with van der Waals surface area (Å²) in [6.07, 6.45) is 1.24. The molecule has 0 atom stereocenters. The van der Waals surface area contributed by atoms with Gasteiger partial charge in [0.1, 0.15) is 0 Å². The monoisotopic (exact) mass is 143 g/mol. The van der Waals surface area contributed by atoms with Gasteiger partial charge in [-0.1, -0.05) is 0 Å². The number of hydrogen-bond donors (Lipinski definition) is 1. The molecule has 0 unspecified atom stereocenters. The second-order valence-corrected chi connectivity index (χ2v) is 2.03. The van der Waals surface area contributed by atoms with Crippen molar-refractivity contribution in [3.05, 3.63) is 11.5 Å². The van der Waals surface area contributed by atoms with Gasteiger partial charge in [-0.25, -0.2) is 0 Å². The zero-order valence-electron chi connectivity index (χ0n) is 4.57. The molecule has 0 spiro atoms. The van der Waals surface area contributed by atoms with E-state index in [1.165, 1.54) is 11.5 Å². The summed E-state index contributed by atoms with van der Waals surface area (Å²) in [5.41, 5.74) is 0. The SMILES string of the molecule is N#C/C=C/SCC(=O)O. The van der Waals surface area contributed by atoms with Crippen molar-refractivity contribution in [2.45, 2.75) is 0 Å². The van der Waals surface area contributed by atoms with E-state index in [0.29, 0.717) is 0 Å². The minimum Gasteiger partial charge on any atom is -0.481 e. The number of nitriles is 1. The summed E-state index contributed by atoms with van der Waals surface area (Å²) in [7, 11) is 0. The molecule has 0 amide bonds. The van der Waals surface area contributed by atoms with Crippen LogP contribution in [0.1, 0.15) is 0 Å². The third-order valence-corrected chi connectivity index (χ3v) is 1.19. The molecular formula is C5H5NO2S. The van der Waals surface area contributed by atoms with Crippen LogP contribution >= 0.6 is 11.8 Å². The van der Waals surface area contributed by atoms with Crippen LogP contribution in [0.4, 0.5) is 0 Å². The molecule has 0 rings (SSSR count). The molecule has 0 aromatic carbocycles. The minimum absolute atomic E-state index is 0.0121. The molecule has 0 fully saturated rings. The number of aliphatic carboxylic acids is 1. The Labute approximate surface area is 57.0 Å². The van der Waals surface area contributed by atoms with Crippen LogP contribution in [0.2, 0.25) is 0 Å². The van der Waals surface area contributed by atoms with Crippen molar-refractivity contribution in [1.29, 1.82) is 5.26 Å². The molecule has 0 bridgehead atoms. The highest BCUT2D eigenvalue weighted by Gasteiger charge is 1.90. The number of carboxylic acid groups (broad SMARTS) is 1. The number of hydrogen-bond acceptors (Lipinski definition) is 3. The highest BCUT2D eigenvalue weighted by atomic mass is 32.2. The normalized spacial score (nSPS) is 9.22. The average Bonchev–Trinajstić information content (AvgIpc) is 1.80. The van der Waals surface area contributed by atoms with Crippen LogP contribution in [0.25, 0.3) is 0 Å². The first-order valence-electron chi connectivity index (χ1n) is 2.15. The number of carbonyl (C=O) groups is 1. The Morgan fingerprint density at radius 1 is 1.89 bits per heavy atom. The Kier molecular flexibility index (Phi) is 4.64. The molecule has 1 N–H and O–H groups in total. The first kappa shape index (κ1) is 8.05. The zero-order chi connectivity index (χ0) is 7.11. The van der Waals surface area contributed by atoms with Gasteiger partial charge < -0.3 is 5.11 Å². The van der Waals surface area contributed by atoms with E-state index in [4.69, 9.17) is 10.4 Å². The van der Waals surface area contributed by atoms with Gasteiger partial charge in [-0.05, 0) is 5.41 Å².